The number of fused-ring (bicyclic) bond motifs is 1. The number of carbonyl (C=O) groups is 1. The Morgan fingerprint density at radius 1 is 1.30 bits per heavy atom. The lowest BCUT2D eigenvalue weighted by Gasteiger charge is -2.26. The number of nitro benzene ring substituents is 1. The predicted molar refractivity (Wildman–Crippen MR) is 103 cm³/mol. The van der Waals surface area contributed by atoms with Crippen molar-refractivity contribution in [2.24, 2.45) is 0 Å². The van der Waals surface area contributed by atoms with Gasteiger partial charge in [-0.05, 0) is 42.1 Å². The minimum absolute atomic E-state index is 0.0251. The van der Waals surface area contributed by atoms with Gasteiger partial charge in [-0.3, -0.25) is 19.9 Å². The number of aryl methyl sites for hydroxylation is 1. The Morgan fingerprint density at radius 3 is 2.89 bits per heavy atom. The molecule has 1 aliphatic heterocycles. The van der Waals surface area contributed by atoms with Gasteiger partial charge in [0, 0.05) is 17.1 Å². The minimum atomic E-state index is -0.572. The van der Waals surface area contributed by atoms with E-state index in [4.69, 9.17) is 0 Å². The molecule has 3 heterocycles. The summed E-state index contributed by atoms with van der Waals surface area (Å²) in [6.07, 6.45) is 1.05. The zero-order valence-electron chi connectivity index (χ0n) is 14.5. The second-order valence-electron chi connectivity index (χ2n) is 6.27. The van der Waals surface area contributed by atoms with Crippen molar-refractivity contribution < 1.29 is 9.72 Å². The molecule has 1 aromatic carbocycles. The van der Waals surface area contributed by atoms with Crippen LogP contribution in [0, 0.1) is 17.0 Å². The third-order valence-electron chi connectivity index (χ3n) is 4.45. The molecular formula is C19H16N4O3S. The highest BCUT2D eigenvalue weighted by Crippen LogP contribution is 2.37. The van der Waals surface area contributed by atoms with Crippen molar-refractivity contribution in [1.29, 1.82) is 0 Å². The smallest absolute Gasteiger partial charge is 0.292 e. The van der Waals surface area contributed by atoms with E-state index in [0.717, 1.165) is 10.4 Å². The molecular weight excluding hydrogens is 364 g/mol. The van der Waals surface area contributed by atoms with E-state index in [1.165, 1.54) is 6.07 Å². The highest BCUT2D eigenvalue weighted by atomic mass is 32.1. The van der Waals surface area contributed by atoms with Crippen LogP contribution in [0.25, 0.3) is 0 Å². The van der Waals surface area contributed by atoms with Gasteiger partial charge in [-0.1, -0.05) is 12.1 Å². The second kappa shape index (κ2) is 6.81. The summed E-state index contributed by atoms with van der Waals surface area (Å²) in [4.78, 5) is 31.0. The third kappa shape index (κ3) is 3.15. The summed E-state index contributed by atoms with van der Waals surface area (Å²) in [6, 6.07) is 12.3. The highest BCUT2D eigenvalue weighted by Gasteiger charge is 2.38. The van der Waals surface area contributed by atoms with Crippen molar-refractivity contribution in [1.82, 2.24) is 9.88 Å². The number of nitrogens with one attached hydrogen (secondary N) is 1. The van der Waals surface area contributed by atoms with E-state index in [2.05, 4.69) is 10.3 Å². The molecule has 0 fully saturated rings. The molecule has 136 valence electrons. The standard InChI is InChI=1S/C19H16N4O3S/c1-12-6-7-15(16(10-12)23(25)26)21-18-17-14(5-2-8-20-17)19(24)22(18)11-13-4-3-9-27-13/h2-10,18,21H,11H2,1H3/t18-/m1/s1. The molecule has 0 saturated carbocycles. The zero-order valence-corrected chi connectivity index (χ0v) is 15.3. The van der Waals surface area contributed by atoms with E-state index in [1.54, 1.807) is 53.6 Å². The van der Waals surface area contributed by atoms with Crippen LogP contribution in [0.5, 0.6) is 0 Å². The van der Waals surface area contributed by atoms with Crippen LogP contribution in [0.15, 0.2) is 54.0 Å². The minimum Gasteiger partial charge on any atom is -0.354 e. The molecule has 3 aromatic rings. The van der Waals surface area contributed by atoms with Crippen LogP contribution in [0.2, 0.25) is 0 Å². The lowest BCUT2D eigenvalue weighted by atomic mass is 10.1. The van der Waals surface area contributed by atoms with Crippen molar-refractivity contribution >= 4 is 28.6 Å². The van der Waals surface area contributed by atoms with E-state index in [0.29, 0.717) is 23.5 Å². The summed E-state index contributed by atoms with van der Waals surface area (Å²) in [5.41, 5.74) is 2.22. The van der Waals surface area contributed by atoms with Gasteiger partial charge in [-0.15, -0.1) is 11.3 Å². The van der Waals surface area contributed by atoms with Crippen molar-refractivity contribution in [3.05, 3.63) is 85.9 Å². The fourth-order valence-corrected chi connectivity index (χ4v) is 3.88. The van der Waals surface area contributed by atoms with Crippen LogP contribution in [-0.4, -0.2) is 20.7 Å². The zero-order chi connectivity index (χ0) is 19.0. The lowest BCUT2D eigenvalue weighted by molar-refractivity contribution is -0.384. The molecule has 1 aliphatic rings. The largest absolute Gasteiger partial charge is 0.354 e. The van der Waals surface area contributed by atoms with Gasteiger partial charge in [0.1, 0.15) is 11.9 Å². The number of hydrogen-bond acceptors (Lipinski definition) is 6. The number of anilines is 1. The summed E-state index contributed by atoms with van der Waals surface area (Å²) in [6.45, 7) is 2.21. The molecule has 1 N–H and O–H groups in total. The number of amides is 1. The van der Waals surface area contributed by atoms with Gasteiger partial charge in [-0.25, -0.2) is 0 Å². The fraction of sp³-hybridized carbons (Fsp3) is 0.158. The molecule has 2 aromatic heterocycles. The summed E-state index contributed by atoms with van der Waals surface area (Å²) in [5, 5.41) is 16.6. The summed E-state index contributed by atoms with van der Waals surface area (Å²) in [7, 11) is 0. The van der Waals surface area contributed by atoms with Crippen LogP contribution >= 0.6 is 11.3 Å². The molecule has 0 aliphatic carbocycles. The highest BCUT2D eigenvalue weighted by molar-refractivity contribution is 7.09. The fourth-order valence-electron chi connectivity index (χ4n) is 3.18. The van der Waals surface area contributed by atoms with Crippen molar-refractivity contribution in [3.8, 4) is 0 Å². The molecule has 8 heteroatoms. The Bertz CT molecular complexity index is 1020. The molecule has 4 rings (SSSR count). The normalized spacial score (nSPS) is 15.7. The number of nitrogens with zero attached hydrogens (tertiary/aromatic N) is 3. The second-order valence-corrected chi connectivity index (χ2v) is 7.31. The monoisotopic (exact) mass is 380 g/mol. The number of thiophene rings is 1. The SMILES string of the molecule is Cc1ccc(N[C@H]2c3ncccc3C(=O)N2Cc2cccs2)c([N+](=O)[O-])c1. The Labute approximate surface area is 159 Å². The predicted octanol–water partition coefficient (Wildman–Crippen LogP) is 4.13. The molecule has 0 radical (unpaired) electrons. The number of aromatic nitrogens is 1. The Morgan fingerprint density at radius 2 is 2.15 bits per heavy atom. The van der Waals surface area contributed by atoms with E-state index < -0.39 is 11.1 Å². The maximum Gasteiger partial charge on any atom is 0.292 e. The van der Waals surface area contributed by atoms with Gasteiger partial charge < -0.3 is 10.2 Å². The first kappa shape index (κ1) is 17.2. The number of benzene rings is 1. The van der Waals surface area contributed by atoms with Crippen LogP contribution < -0.4 is 5.32 Å². The first-order valence-electron chi connectivity index (χ1n) is 8.34. The van der Waals surface area contributed by atoms with Crippen molar-refractivity contribution in [2.45, 2.75) is 19.6 Å². The molecule has 0 spiro atoms. The maximum absolute atomic E-state index is 12.9. The Balaban J connectivity index is 1.74. The molecule has 0 bridgehead atoms. The van der Waals surface area contributed by atoms with E-state index in [1.807, 2.05) is 17.5 Å². The van der Waals surface area contributed by atoms with Crippen molar-refractivity contribution in [3.63, 3.8) is 0 Å². The van der Waals surface area contributed by atoms with Gasteiger partial charge in [0.05, 0.1) is 22.7 Å². The number of nitro groups is 1. The topological polar surface area (TPSA) is 88.4 Å². The third-order valence-corrected chi connectivity index (χ3v) is 5.31. The summed E-state index contributed by atoms with van der Waals surface area (Å²) >= 11 is 1.56. The average molecular weight is 380 g/mol. The molecule has 27 heavy (non-hydrogen) atoms. The van der Waals surface area contributed by atoms with Gasteiger partial charge >= 0.3 is 0 Å². The van der Waals surface area contributed by atoms with Crippen molar-refractivity contribution in [2.75, 3.05) is 5.32 Å². The maximum atomic E-state index is 12.9. The summed E-state index contributed by atoms with van der Waals surface area (Å²) in [5.74, 6) is -0.140. The number of rotatable bonds is 5. The van der Waals surface area contributed by atoms with E-state index >= 15 is 0 Å². The van der Waals surface area contributed by atoms with Gasteiger partial charge in [0.25, 0.3) is 11.6 Å². The molecule has 1 atom stereocenters. The number of hydrogen-bond donors (Lipinski definition) is 1. The van der Waals surface area contributed by atoms with Gasteiger partial charge in [0.2, 0.25) is 0 Å². The molecule has 0 unspecified atom stereocenters. The van der Waals surface area contributed by atoms with Gasteiger partial charge in [-0.2, -0.15) is 0 Å². The number of carbonyl (C=O) groups excluding carboxylic acids is 1. The molecule has 7 nitrogen and oxygen atoms in total. The Hall–Kier alpha value is -3.26. The van der Waals surface area contributed by atoms with Gasteiger partial charge in [0.15, 0.2) is 0 Å². The lowest BCUT2D eigenvalue weighted by Crippen LogP contribution is -2.32. The van der Waals surface area contributed by atoms with Crippen LogP contribution in [0.1, 0.15) is 32.7 Å². The first-order valence-corrected chi connectivity index (χ1v) is 9.22. The Kier molecular flexibility index (Phi) is 4.33. The first-order chi connectivity index (χ1) is 13.0. The van der Waals surface area contributed by atoms with Crippen LogP contribution in [-0.2, 0) is 6.54 Å². The number of pyridine rings is 1. The van der Waals surface area contributed by atoms with Crippen LogP contribution in [0.3, 0.4) is 0 Å². The van der Waals surface area contributed by atoms with E-state index in [9.17, 15) is 14.9 Å². The quantitative estimate of drug-likeness (QED) is 0.531. The van der Waals surface area contributed by atoms with Crippen LogP contribution in [0.4, 0.5) is 11.4 Å². The summed E-state index contributed by atoms with van der Waals surface area (Å²) < 4.78 is 0. The molecule has 0 saturated heterocycles. The molecule has 1 amide bonds. The average Bonchev–Trinajstić information content (AvgIpc) is 3.26. The van der Waals surface area contributed by atoms with E-state index in [-0.39, 0.29) is 11.6 Å².